The summed E-state index contributed by atoms with van der Waals surface area (Å²) in [5.41, 5.74) is 2.80. The highest BCUT2D eigenvalue weighted by Crippen LogP contribution is 2.31. The minimum absolute atomic E-state index is 0. The first-order chi connectivity index (χ1) is 16.4. The smallest absolute Gasteiger partial charge is 0.310 e. The Morgan fingerprint density at radius 2 is 1.53 bits per heavy atom. The van der Waals surface area contributed by atoms with Crippen molar-refractivity contribution in [1.82, 2.24) is 0 Å². The van der Waals surface area contributed by atoms with Crippen LogP contribution in [0.1, 0.15) is 50.5 Å². The molecule has 0 radical (unpaired) electrons. The van der Waals surface area contributed by atoms with Crippen LogP contribution in [0.4, 0.5) is 8.78 Å². The molecule has 2 heterocycles. The van der Waals surface area contributed by atoms with Crippen LogP contribution in [0, 0.1) is 11.6 Å². The Bertz CT molecular complexity index is 1110. The van der Waals surface area contributed by atoms with Crippen LogP contribution in [0.2, 0.25) is 0 Å². The average molecular weight is 505 g/mol. The first-order valence-corrected chi connectivity index (χ1v) is 10.8. The van der Waals surface area contributed by atoms with Crippen molar-refractivity contribution in [2.24, 2.45) is 0 Å². The van der Waals surface area contributed by atoms with E-state index in [2.05, 4.69) is 9.47 Å². The Kier molecular flexibility index (Phi) is 12.5. The number of rotatable bonds is 6. The third-order valence-corrected chi connectivity index (χ3v) is 5.36. The fraction of sp³-hybridized carbons (Fsp3) is 0.357. The molecule has 0 N–H and O–H groups in total. The number of methoxy groups -OCH3 is 2. The van der Waals surface area contributed by atoms with Crippen LogP contribution in [0.3, 0.4) is 0 Å². The third-order valence-electron chi connectivity index (χ3n) is 5.36. The molecule has 8 heteroatoms. The topological polar surface area (TPSA) is 75.0 Å². The highest BCUT2D eigenvalue weighted by atomic mass is 19.1. The average Bonchev–Trinajstić information content (AvgIpc) is 3.54. The molecule has 1 atom stereocenters. The van der Waals surface area contributed by atoms with Gasteiger partial charge in [0, 0.05) is 12.2 Å². The molecule has 4 rings (SSSR count). The fourth-order valence-corrected chi connectivity index (χ4v) is 3.70. The van der Waals surface area contributed by atoms with Crippen molar-refractivity contribution in [3.8, 4) is 11.3 Å². The Labute approximate surface area is 211 Å². The number of esters is 2. The zero-order valence-electron chi connectivity index (χ0n) is 19.0. The molecule has 1 saturated heterocycles. The van der Waals surface area contributed by atoms with Gasteiger partial charge in [0.05, 0.1) is 39.4 Å². The highest BCUT2D eigenvalue weighted by molar-refractivity contribution is 5.76. The maximum absolute atomic E-state index is 13.2. The Morgan fingerprint density at radius 1 is 0.917 bits per heavy atom. The quantitative estimate of drug-likeness (QED) is 0.358. The summed E-state index contributed by atoms with van der Waals surface area (Å²) in [6, 6.07) is 12.2. The van der Waals surface area contributed by atoms with E-state index in [4.69, 9.17) is 9.15 Å². The molecule has 1 aliphatic rings. The molecule has 0 amide bonds. The van der Waals surface area contributed by atoms with E-state index in [-0.39, 0.29) is 51.4 Å². The van der Waals surface area contributed by atoms with E-state index < -0.39 is 5.97 Å². The van der Waals surface area contributed by atoms with Crippen LogP contribution in [0.5, 0.6) is 0 Å². The summed E-state index contributed by atoms with van der Waals surface area (Å²) >= 11 is 0. The summed E-state index contributed by atoms with van der Waals surface area (Å²) in [6.07, 6.45) is 3.53. The summed E-state index contributed by atoms with van der Waals surface area (Å²) in [6.45, 7) is 0.722. The molecule has 0 bridgehead atoms. The Hall–Kier alpha value is -3.52. The number of benzene rings is 2. The van der Waals surface area contributed by atoms with E-state index in [1.54, 1.807) is 24.3 Å². The number of hydrogen-bond acceptors (Lipinski definition) is 6. The lowest BCUT2D eigenvalue weighted by Crippen LogP contribution is -2.09. The predicted molar refractivity (Wildman–Crippen MR) is 133 cm³/mol. The normalized spacial score (nSPS) is 13.9. The van der Waals surface area contributed by atoms with Gasteiger partial charge < -0.3 is 18.6 Å². The van der Waals surface area contributed by atoms with Gasteiger partial charge in [-0.25, -0.2) is 8.78 Å². The van der Waals surface area contributed by atoms with Gasteiger partial charge in [-0.15, -0.1) is 0 Å². The lowest BCUT2D eigenvalue weighted by atomic mass is 9.98. The third kappa shape index (κ3) is 8.30. The molecule has 36 heavy (non-hydrogen) atoms. The van der Waals surface area contributed by atoms with E-state index in [1.165, 1.54) is 44.7 Å². The van der Waals surface area contributed by atoms with Crippen molar-refractivity contribution in [3.63, 3.8) is 0 Å². The molecule has 0 spiro atoms. The van der Waals surface area contributed by atoms with Crippen molar-refractivity contribution in [1.29, 1.82) is 0 Å². The van der Waals surface area contributed by atoms with Crippen molar-refractivity contribution < 1.29 is 37.0 Å². The molecule has 1 fully saturated rings. The lowest BCUT2D eigenvalue weighted by Gasteiger charge is -2.14. The van der Waals surface area contributed by atoms with Crippen LogP contribution < -0.4 is 0 Å². The maximum Gasteiger partial charge on any atom is 0.310 e. The van der Waals surface area contributed by atoms with E-state index in [0.717, 1.165) is 25.0 Å². The second-order valence-electron chi connectivity index (χ2n) is 7.63. The summed E-state index contributed by atoms with van der Waals surface area (Å²) in [7, 11) is 2.63. The zero-order chi connectivity index (χ0) is 24.5. The van der Waals surface area contributed by atoms with Gasteiger partial charge in [-0.1, -0.05) is 20.9 Å². The van der Waals surface area contributed by atoms with Crippen LogP contribution in [0.15, 0.2) is 59.2 Å². The van der Waals surface area contributed by atoms with Crippen molar-refractivity contribution in [2.75, 3.05) is 20.8 Å². The van der Waals surface area contributed by atoms with E-state index >= 15 is 0 Å². The van der Waals surface area contributed by atoms with Gasteiger partial charge in [0.25, 0.3) is 0 Å². The van der Waals surface area contributed by atoms with Crippen LogP contribution >= 0.6 is 0 Å². The number of carbonyl (C=O) groups is 2. The van der Waals surface area contributed by atoms with Gasteiger partial charge in [0.15, 0.2) is 0 Å². The summed E-state index contributed by atoms with van der Waals surface area (Å²) in [5.74, 6) is -0.910. The number of hydrogen-bond donors (Lipinski definition) is 0. The van der Waals surface area contributed by atoms with E-state index in [9.17, 15) is 18.4 Å². The van der Waals surface area contributed by atoms with E-state index in [0.29, 0.717) is 22.5 Å². The van der Waals surface area contributed by atoms with E-state index in [1.807, 2.05) is 0 Å². The van der Waals surface area contributed by atoms with Gasteiger partial charge in [0.2, 0.25) is 0 Å². The number of carbonyl (C=O) groups excluding carboxylic acids is 2. The molecular weight excluding hydrogens is 470 g/mol. The first-order valence-electron chi connectivity index (χ1n) is 10.8. The van der Waals surface area contributed by atoms with Crippen molar-refractivity contribution in [3.05, 3.63) is 83.1 Å². The monoisotopic (exact) mass is 504 g/mol. The van der Waals surface area contributed by atoms with Crippen LogP contribution in [-0.2, 0) is 36.6 Å². The van der Waals surface area contributed by atoms with Gasteiger partial charge in [-0.2, -0.15) is 0 Å². The summed E-state index contributed by atoms with van der Waals surface area (Å²) in [5, 5.41) is 0. The standard InChI is InChI=1S/C13H15FO3.C13H11FO3.2CH4/c2*1-16-13(15)8-9-7-10(14)4-5-11(9)12-3-2-6-17-12;;/h4-5,7,12H,2-3,6,8H2,1H3;2-7H,8H2,1H3;2*1H4. The Morgan fingerprint density at radius 3 is 2.08 bits per heavy atom. The number of halogens is 2. The second-order valence-corrected chi connectivity index (χ2v) is 7.63. The number of ether oxygens (including phenoxy) is 3. The molecule has 1 aliphatic heterocycles. The van der Waals surface area contributed by atoms with Gasteiger partial charge in [0.1, 0.15) is 17.4 Å². The van der Waals surface area contributed by atoms with Gasteiger partial charge in [-0.05, 0) is 72.0 Å². The molecule has 0 aliphatic carbocycles. The molecule has 1 aromatic heterocycles. The lowest BCUT2D eigenvalue weighted by molar-refractivity contribution is -0.140. The first kappa shape index (κ1) is 30.5. The second kappa shape index (κ2) is 14.8. The molecule has 1 unspecified atom stereocenters. The fourth-order valence-electron chi connectivity index (χ4n) is 3.70. The predicted octanol–water partition coefficient (Wildman–Crippen LogP) is 6.47. The van der Waals surface area contributed by atoms with Gasteiger partial charge >= 0.3 is 11.9 Å². The van der Waals surface area contributed by atoms with Crippen LogP contribution in [0.25, 0.3) is 11.3 Å². The van der Waals surface area contributed by atoms with Gasteiger partial charge in [-0.3, -0.25) is 9.59 Å². The molecule has 6 nitrogen and oxygen atoms in total. The number of furan rings is 1. The van der Waals surface area contributed by atoms with Crippen molar-refractivity contribution >= 4 is 11.9 Å². The molecule has 0 saturated carbocycles. The minimum atomic E-state index is -0.414. The largest absolute Gasteiger partial charge is 0.469 e. The van der Waals surface area contributed by atoms with Crippen LogP contribution in [-0.4, -0.2) is 32.8 Å². The molecular formula is C28H34F2O6. The maximum atomic E-state index is 13.2. The Balaban J connectivity index is 0.000000341. The molecule has 3 aromatic rings. The highest BCUT2D eigenvalue weighted by Gasteiger charge is 2.22. The SMILES string of the molecule is C.C.COC(=O)Cc1cc(F)ccc1-c1ccco1.COC(=O)Cc1cc(F)ccc1C1CCCO1. The van der Waals surface area contributed by atoms with Crippen molar-refractivity contribution in [2.45, 2.75) is 46.6 Å². The molecule has 2 aromatic carbocycles. The molecule has 196 valence electrons. The summed E-state index contributed by atoms with van der Waals surface area (Å²) in [4.78, 5) is 22.5. The summed E-state index contributed by atoms with van der Waals surface area (Å²) < 4.78 is 46.3. The zero-order valence-corrected chi connectivity index (χ0v) is 19.0. The minimum Gasteiger partial charge on any atom is -0.469 e.